The second-order valence-electron chi connectivity index (χ2n) is 5.42. The molecule has 1 aliphatic heterocycles. The van der Waals surface area contributed by atoms with Crippen molar-refractivity contribution in [3.8, 4) is 0 Å². The summed E-state index contributed by atoms with van der Waals surface area (Å²) in [6, 6.07) is 9.61. The number of aromatic nitrogens is 3. The van der Waals surface area contributed by atoms with E-state index in [4.69, 9.17) is 0 Å². The number of carbonyl (C=O) groups is 1. The van der Waals surface area contributed by atoms with Gasteiger partial charge in [0.25, 0.3) is 11.5 Å². The highest BCUT2D eigenvalue weighted by Crippen LogP contribution is 2.25. The zero-order chi connectivity index (χ0) is 15.7. The van der Waals surface area contributed by atoms with E-state index < -0.39 is 11.5 Å². The predicted molar refractivity (Wildman–Crippen MR) is 82.3 cm³/mol. The summed E-state index contributed by atoms with van der Waals surface area (Å²) in [5.41, 5.74) is 0.385. The van der Waals surface area contributed by atoms with E-state index in [-0.39, 0.29) is 11.7 Å². The minimum atomic E-state index is -0.485. The highest BCUT2D eigenvalue weighted by Gasteiger charge is 2.27. The quantitative estimate of drug-likeness (QED) is 0.912. The molecule has 0 atom stereocenters. The third-order valence-corrected chi connectivity index (χ3v) is 3.42. The van der Waals surface area contributed by atoms with Gasteiger partial charge in [-0.3, -0.25) is 14.2 Å². The van der Waals surface area contributed by atoms with Gasteiger partial charge in [0.2, 0.25) is 11.6 Å². The molecule has 0 saturated carbocycles. The summed E-state index contributed by atoms with van der Waals surface area (Å²) in [6.45, 7) is 4.77. The SMILES string of the molecule is CC(C)NC(=O)c1nnc2n(c1=O)CCN2c1ccccc1. The Hall–Kier alpha value is -2.70. The van der Waals surface area contributed by atoms with Crippen molar-refractivity contribution in [2.24, 2.45) is 0 Å². The summed E-state index contributed by atoms with van der Waals surface area (Å²) >= 11 is 0. The molecule has 3 rings (SSSR count). The lowest BCUT2D eigenvalue weighted by atomic mass is 10.3. The van der Waals surface area contributed by atoms with Crippen LogP contribution >= 0.6 is 0 Å². The normalized spacial score (nSPS) is 13.3. The lowest BCUT2D eigenvalue weighted by Crippen LogP contribution is -2.37. The molecule has 7 heteroatoms. The van der Waals surface area contributed by atoms with Gasteiger partial charge in [0.05, 0.1) is 0 Å². The Bertz CT molecular complexity index is 754. The topological polar surface area (TPSA) is 80.1 Å². The van der Waals surface area contributed by atoms with Crippen molar-refractivity contribution < 1.29 is 4.79 Å². The monoisotopic (exact) mass is 299 g/mol. The molecule has 2 heterocycles. The van der Waals surface area contributed by atoms with Crippen LogP contribution in [0.1, 0.15) is 24.3 Å². The third-order valence-electron chi connectivity index (χ3n) is 3.42. The summed E-state index contributed by atoms with van der Waals surface area (Å²) in [4.78, 5) is 26.3. The van der Waals surface area contributed by atoms with Crippen LogP contribution in [0.25, 0.3) is 0 Å². The molecule has 0 radical (unpaired) electrons. The van der Waals surface area contributed by atoms with Crippen molar-refractivity contribution in [3.63, 3.8) is 0 Å². The van der Waals surface area contributed by atoms with Crippen LogP contribution in [0.3, 0.4) is 0 Å². The molecule has 0 aliphatic carbocycles. The number of nitrogens with zero attached hydrogens (tertiary/aromatic N) is 4. The minimum Gasteiger partial charge on any atom is -0.348 e. The van der Waals surface area contributed by atoms with Crippen LogP contribution in [0.2, 0.25) is 0 Å². The molecule has 0 fully saturated rings. The van der Waals surface area contributed by atoms with E-state index in [2.05, 4.69) is 15.5 Å². The van der Waals surface area contributed by atoms with Gasteiger partial charge in [-0.2, -0.15) is 0 Å². The zero-order valence-corrected chi connectivity index (χ0v) is 12.5. The molecule has 1 aliphatic rings. The fourth-order valence-corrected chi connectivity index (χ4v) is 2.44. The summed E-state index contributed by atoms with van der Waals surface area (Å²) in [6.07, 6.45) is 0. The number of hydrogen-bond donors (Lipinski definition) is 1. The largest absolute Gasteiger partial charge is 0.348 e. The first kappa shape index (κ1) is 14.2. The predicted octanol–water partition coefficient (Wildman–Crippen LogP) is 0.928. The lowest BCUT2D eigenvalue weighted by molar-refractivity contribution is 0.0934. The van der Waals surface area contributed by atoms with Crippen LogP contribution in [-0.2, 0) is 6.54 Å². The Kier molecular flexibility index (Phi) is 3.62. The molecule has 0 saturated heterocycles. The number of hydrogen-bond acceptors (Lipinski definition) is 5. The van der Waals surface area contributed by atoms with Crippen molar-refractivity contribution in [1.82, 2.24) is 20.1 Å². The molecule has 1 N–H and O–H groups in total. The van der Waals surface area contributed by atoms with Crippen LogP contribution in [-0.4, -0.2) is 33.3 Å². The van der Waals surface area contributed by atoms with Gasteiger partial charge in [-0.05, 0) is 26.0 Å². The fourth-order valence-electron chi connectivity index (χ4n) is 2.44. The molecule has 0 bridgehead atoms. The highest BCUT2D eigenvalue weighted by molar-refractivity contribution is 5.92. The van der Waals surface area contributed by atoms with Crippen molar-refractivity contribution in [2.45, 2.75) is 26.4 Å². The molecule has 0 spiro atoms. The van der Waals surface area contributed by atoms with Crippen LogP contribution in [0, 0.1) is 0 Å². The zero-order valence-electron chi connectivity index (χ0n) is 12.5. The molecule has 1 aromatic carbocycles. The number of anilines is 2. The van der Waals surface area contributed by atoms with E-state index in [1.54, 1.807) is 0 Å². The maximum Gasteiger partial charge on any atom is 0.286 e. The van der Waals surface area contributed by atoms with Gasteiger partial charge < -0.3 is 10.2 Å². The molecule has 22 heavy (non-hydrogen) atoms. The van der Waals surface area contributed by atoms with E-state index >= 15 is 0 Å². The first-order valence-electron chi connectivity index (χ1n) is 7.19. The van der Waals surface area contributed by atoms with Crippen LogP contribution < -0.4 is 15.8 Å². The van der Waals surface area contributed by atoms with Gasteiger partial charge in [-0.15, -0.1) is 10.2 Å². The molecule has 1 amide bonds. The summed E-state index contributed by atoms with van der Waals surface area (Å²) in [5, 5.41) is 10.6. The Morgan fingerprint density at radius 1 is 1.18 bits per heavy atom. The molecular weight excluding hydrogens is 282 g/mol. The molecule has 1 aromatic heterocycles. The minimum absolute atomic E-state index is 0.0622. The molecular formula is C15H17N5O2. The Labute approximate surface area is 127 Å². The van der Waals surface area contributed by atoms with Gasteiger partial charge in [0.1, 0.15) is 0 Å². The van der Waals surface area contributed by atoms with Gasteiger partial charge in [-0.25, -0.2) is 0 Å². The van der Waals surface area contributed by atoms with Gasteiger partial charge in [0.15, 0.2) is 0 Å². The smallest absolute Gasteiger partial charge is 0.286 e. The average Bonchev–Trinajstić information content (AvgIpc) is 2.92. The highest BCUT2D eigenvalue weighted by atomic mass is 16.2. The van der Waals surface area contributed by atoms with E-state index in [1.807, 2.05) is 49.1 Å². The standard InChI is InChI=1S/C15H17N5O2/c1-10(2)16-13(21)12-14(22)20-9-8-19(15(20)18-17-12)11-6-4-3-5-7-11/h3-7,10H,8-9H2,1-2H3,(H,16,21). The Morgan fingerprint density at radius 3 is 2.59 bits per heavy atom. The fraction of sp³-hybridized carbons (Fsp3) is 0.333. The van der Waals surface area contributed by atoms with Crippen LogP contribution in [0.4, 0.5) is 11.6 Å². The van der Waals surface area contributed by atoms with Crippen LogP contribution in [0.5, 0.6) is 0 Å². The second kappa shape index (κ2) is 5.59. The molecule has 2 aromatic rings. The number of fused-ring (bicyclic) bond motifs is 1. The summed E-state index contributed by atoms with van der Waals surface area (Å²) in [7, 11) is 0. The number of nitrogens with one attached hydrogen (secondary N) is 1. The van der Waals surface area contributed by atoms with E-state index in [0.29, 0.717) is 19.0 Å². The van der Waals surface area contributed by atoms with Crippen LogP contribution in [0.15, 0.2) is 35.1 Å². The van der Waals surface area contributed by atoms with E-state index in [9.17, 15) is 9.59 Å². The van der Waals surface area contributed by atoms with Crippen molar-refractivity contribution in [3.05, 3.63) is 46.4 Å². The van der Waals surface area contributed by atoms with Crippen molar-refractivity contribution >= 4 is 17.5 Å². The number of amides is 1. The Morgan fingerprint density at radius 2 is 1.91 bits per heavy atom. The number of rotatable bonds is 3. The van der Waals surface area contributed by atoms with E-state index in [1.165, 1.54) is 4.57 Å². The van der Waals surface area contributed by atoms with Gasteiger partial charge >= 0.3 is 0 Å². The molecule has 7 nitrogen and oxygen atoms in total. The number of benzene rings is 1. The first-order valence-corrected chi connectivity index (χ1v) is 7.19. The van der Waals surface area contributed by atoms with Gasteiger partial charge in [-0.1, -0.05) is 18.2 Å². The summed E-state index contributed by atoms with van der Waals surface area (Å²) < 4.78 is 1.50. The average molecular weight is 299 g/mol. The molecule has 114 valence electrons. The maximum atomic E-state index is 12.4. The second-order valence-corrected chi connectivity index (χ2v) is 5.42. The Balaban J connectivity index is 1.98. The maximum absolute atomic E-state index is 12.4. The van der Waals surface area contributed by atoms with Crippen molar-refractivity contribution in [2.75, 3.05) is 11.4 Å². The summed E-state index contributed by atoms with van der Waals surface area (Å²) in [5.74, 6) is -0.0155. The van der Waals surface area contributed by atoms with Gasteiger partial charge in [0, 0.05) is 24.8 Å². The van der Waals surface area contributed by atoms with E-state index in [0.717, 1.165) is 5.69 Å². The first-order chi connectivity index (χ1) is 10.6. The molecule has 0 unspecified atom stereocenters. The lowest BCUT2D eigenvalue weighted by Gasteiger charge is -2.16. The third kappa shape index (κ3) is 2.45. The number of carbonyl (C=O) groups excluding carboxylic acids is 1. The number of para-hydroxylation sites is 1. The van der Waals surface area contributed by atoms with Crippen molar-refractivity contribution in [1.29, 1.82) is 0 Å².